The summed E-state index contributed by atoms with van der Waals surface area (Å²) in [5.74, 6) is -1.19. The van der Waals surface area contributed by atoms with Crippen molar-refractivity contribution in [2.45, 2.75) is 24.4 Å². The lowest BCUT2D eigenvalue weighted by Crippen LogP contribution is -2.43. The highest BCUT2D eigenvalue weighted by Gasteiger charge is 2.37. The fourth-order valence-electron chi connectivity index (χ4n) is 3.23. The summed E-state index contributed by atoms with van der Waals surface area (Å²) in [6.45, 7) is 1.65. The van der Waals surface area contributed by atoms with Crippen molar-refractivity contribution in [1.82, 2.24) is 9.62 Å². The van der Waals surface area contributed by atoms with Crippen LogP contribution in [0.15, 0.2) is 77.7 Å². The van der Waals surface area contributed by atoms with E-state index in [1.54, 1.807) is 37.3 Å². The lowest BCUT2D eigenvalue weighted by molar-refractivity contribution is -0.125. The maximum Gasteiger partial charge on any atom is 0.244 e. The second-order valence-corrected chi connectivity index (χ2v) is 9.71. The second-order valence-electron chi connectivity index (χ2n) is 6.95. The number of carbonyl (C=O) groups is 1. The third kappa shape index (κ3) is 5.48. The van der Waals surface area contributed by atoms with Crippen molar-refractivity contribution in [2.24, 2.45) is 0 Å². The molecule has 3 rings (SSSR count). The maximum absolute atomic E-state index is 14.6. The first-order valence-corrected chi connectivity index (χ1v) is 12.0. The SMILES string of the molecule is CCNC(=O)C(c1ccccc1)N(Cc1ccc(Cl)cc1F)S(=O)(=O)c1ccc(Cl)cc1. The summed E-state index contributed by atoms with van der Waals surface area (Å²) in [4.78, 5) is 13.0. The molecule has 0 saturated carbocycles. The van der Waals surface area contributed by atoms with Gasteiger partial charge in [0.15, 0.2) is 0 Å². The molecule has 0 aliphatic heterocycles. The van der Waals surface area contributed by atoms with Crippen molar-refractivity contribution in [2.75, 3.05) is 6.54 Å². The molecule has 1 N–H and O–H groups in total. The van der Waals surface area contributed by atoms with Gasteiger partial charge in [-0.25, -0.2) is 12.8 Å². The number of amides is 1. The minimum absolute atomic E-state index is 0.0681. The van der Waals surface area contributed by atoms with E-state index in [1.165, 1.54) is 36.4 Å². The standard InChI is InChI=1S/C23H21Cl2FN2O3S/c1-2-27-23(29)22(16-6-4-3-5-7-16)28(15-17-8-9-19(25)14-21(17)26)32(30,31)20-12-10-18(24)11-13-20/h3-14,22H,2,15H2,1H3,(H,27,29). The number of likely N-dealkylation sites (N-methyl/N-ethyl adjacent to an activating group) is 1. The molecule has 9 heteroatoms. The predicted molar refractivity (Wildman–Crippen MR) is 123 cm³/mol. The van der Waals surface area contributed by atoms with Crippen LogP contribution in [-0.2, 0) is 21.4 Å². The molecule has 0 fully saturated rings. The molecule has 1 atom stereocenters. The van der Waals surface area contributed by atoms with Gasteiger partial charge < -0.3 is 5.32 Å². The molecule has 5 nitrogen and oxygen atoms in total. The number of halogens is 3. The summed E-state index contributed by atoms with van der Waals surface area (Å²) in [5, 5.41) is 3.23. The molecule has 0 aliphatic carbocycles. The Labute approximate surface area is 196 Å². The van der Waals surface area contributed by atoms with E-state index in [4.69, 9.17) is 23.2 Å². The Morgan fingerprint density at radius 2 is 1.62 bits per heavy atom. The summed E-state index contributed by atoms with van der Waals surface area (Å²) < 4.78 is 43.0. The molecule has 0 aromatic heterocycles. The molecule has 0 bridgehead atoms. The quantitative estimate of drug-likeness (QED) is 0.467. The molecular formula is C23H21Cl2FN2O3S. The van der Waals surface area contributed by atoms with Gasteiger partial charge in [-0.1, -0.05) is 59.6 Å². The molecule has 168 valence electrons. The van der Waals surface area contributed by atoms with Crippen LogP contribution in [0.5, 0.6) is 0 Å². The lowest BCUT2D eigenvalue weighted by Gasteiger charge is -2.30. The smallest absolute Gasteiger partial charge is 0.244 e. The molecule has 3 aromatic carbocycles. The van der Waals surface area contributed by atoms with Crippen LogP contribution >= 0.6 is 23.2 Å². The van der Waals surface area contributed by atoms with Crippen LogP contribution in [0.2, 0.25) is 10.0 Å². The Bertz CT molecular complexity index is 1190. The molecular weight excluding hydrogens is 474 g/mol. The monoisotopic (exact) mass is 494 g/mol. The van der Waals surface area contributed by atoms with E-state index in [-0.39, 0.29) is 22.0 Å². The van der Waals surface area contributed by atoms with Crippen molar-refractivity contribution in [3.05, 3.63) is 99.8 Å². The van der Waals surface area contributed by atoms with E-state index in [0.717, 1.165) is 10.4 Å². The molecule has 1 amide bonds. The minimum atomic E-state index is -4.24. The van der Waals surface area contributed by atoms with Crippen LogP contribution < -0.4 is 5.32 Å². The van der Waals surface area contributed by atoms with Gasteiger partial charge in [0, 0.05) is 28.7 Å². The Morgan fingerprint density at radius 3 is 2.22 bits per heavy atom. The Balaban J connectivity index is 2.19. The van der Waals surface area contributed by atoms with Gasteiger partial charge in [-0.15, -0.1) is 0 Å². The predicted octanol–water partition coefficient (Wildman–Crippen LogP) is 5.20. The van der Waals surface area contributed by atoms with Gasteiger partial charge in [0.05, 0.1) is 4.90 Å². The fourth-order valence-corrected chi connectivity index (χ4v) is 5.07. The van der Waals surface area contributed by atoms with Gasteiger partial charge in [-0.3, -0.25) is 4.79 Å². The zero-order valence-corrected chi connectivity index (χ0v) is 19.5. The van der Waals surface area contributed by atoms with Crippen LogP contribution in [0.1, 0.15) is 24.1 Å². The number of nitrogens with one attached hydrogen (secondary N) is 1. The van der Waals surface area contributed by atoms with Gasteiger partial charge in [0.2, 0.25) is 15.9 Å². The van der Waals surface area contributed by atoms with Crippen molar-refractivity contribution in [3.63, 3.8) is 0 Å². The van der Waals surface area contributed by atoms with Gasteiger partial charge >= 0.3 is 0 Å². The largest absolute Gasteiger partial charge is 0.355 e. The summed E-state index contributed by atoms with van der Waals surface area (Å²) in [5.41, 5.74) is 0.530. The molecule has 0 spiro atoms. The first kappa shape index (κ1) is 24.2. The molecule has 0 radical (unpaired) electrons. The maximum atomic E-state index is 14.6. The van der Waals surface area contributed by atoms with Gasteiger partial charge in [-0.2, -0.15) is 4.31 Å². The Morgan fingerprint density at radius 1 is 1.00 bits per heavy atom. The van der Waals surface area contributed by atoms with Gasteiger partial charge in [0.1, 0.15) is 11.9 Å². The summed E-state index contributed by atoms with van der Waals surface area (Å²) >= 11 is 11.8. The number of hydrogen-bond donors (Lipinski definition) is 1. The number of rotatable bonds is 8. The molecule has 3 aromatic rings. The van der Waals surface area contributed by atoms with Crippen molar-refractivity contribution in [1.29, 1.82) is 0 Å². The zero-order chi connectivity index (χ0) is 23.3. The van der Waals surface area contributed by atoms with Gasteiger partial charge in [0.25, 0.3) is 0 Å². The highest BCUT2D eigenvalue weighted by Crippen LogP contribution is 2.31. The molecule has 0 saturated heterocycles. The van der Waals surface area contributed by atoms with Crippen LogP contribution in [0.25, 0.3) is 0 Å². The van der Waals surface area contributed by atoms with Crippen molar-refractivity contribution < 1.29 is 17.6 Å². The summed E-state index contributed by atoms with van der Waals surface area (Å²) in [6, 6.07) is 16.8. The number of nitrogens with zero attached hydrogens (tertiary/aromatic N) is 1. The molecule has 1 unspecified atom stereocenters. The van der Waals surface area contributed by atoms with Crippen molar-refractivity contribution in [3.8, 4) is 0 Å². The van der Waals surface area contributed by atoms with E-state index in [2.05, 4.69) is 5.32 Å². The van der Waals surface area contributed by atoms with Crippen molar-refractivity contribution >= 4 is 39.1 Å². The summed E-state index contributed by atoms with van der Waals surface area (Å²) in [7, 11) is -4.24. The number of hydrogen-bond acceptors (Lipinski definition) is 3. The topological polar surface area (TPSA) is 66.5 Å². The molecule has 0 heterocycles. The van der Waals surface area contributed by atoms with E-state index >= 15 is 0 Å². The van der Waals surface area contributed by atoms with E-state index in [1.807, 2.05) is 0 Å². The lowest BCUT2D eigenvalue weighted by atomic mass is 10.1. The first-order chi connectivity index (χ1) is 15.2. The fraction of sp³-hybridized carbons (Fsp3) is 0.174. The second kappa shape index (κ2) is 10.4. The summed E-state index contributed by atoms with van der Waals surface area (Å²) in [6.07, 6.45) is 0. The zero-order valence-electron chi connectivity index (χ0n) is 17.1. The Hall–Kier alpha value is -2.45. The number of carbonyl (C=O) groups excluding carboxylic acids is 1. The van der Waals surface area contributed by atoms with Gasteiger partial charge in [-0.05, 0) is 48.9 Å². The Kier molecular flexibility index (Phi) is 7.90. The van der Waals surface area contributed by atoms with E-state index < -0.39 is 27.8 Å². The first-order valence-electron chi connectivity index (χ1n) is 9.78. The minimum Gasteiger partial charge on any atom is -0.355 e. The van der Waals surface area contributed by atoms with Crippen LogP contribution in [0, 0.1) is 5.82 Å². The third-order valence-corrected chi connectivity index (χ3v) is 7.08. The van der Waals surface area contributed by atoms with Crippen LogP contribution in [-0.4, -0.2) is 25.2 Å². The number of sulfonamides is 1. The average Bonchev–Trinajstić information content (AvgIpc) is 2.76. The highest BCUT2D eigenvalue weighted by atomic mass is 35.5. The van der Waals surface area contributed by atoms with Crippen LogP contribution in [0.3, 0.4) is 0 Å². The number of benzene rings is 3. The highest BCUT2D eigenvalue weighted by molar-refractivity contribution is 7.89. The average molecular weight is 495 g/mol. The normalized spacial score (nSPS) is 12.5. The van der Waals surface area contributed by atoms with E-state index in [9.17, 15) is 17.6 Å². The third-order valence-electron chi connectivity index (χ3n) is 4.76. The van der Waals surface area contributed by atoms with E-state index in [0.29, 0.717) is 17.1 Å². The molecule has 32 heavy (non-hydrogen) atoms. The molecule has 0 aliphatic rings. The van der Waals surface area contributed by atoms with Crippen LogP contribution in [0.4, 0.5) is 4.39 Å².